The summed E-state index contributed by atoms with van der Waals surface area (Å²) in [7, 11) is 0. The zero-order valence-corrected chi connectivity index (χ0v) is 11.7. The van der Waals surface area contributed by atoms with Crippen LogP contribution >= 0.6 is 0 Å². The molecule has 2 N–H and O–H groups in total. The molecule has 1 saturated heterocycles. The molecule has 0 aromatic carbocycles. The zero-order chi connectivity index (χ0) is 14.1. The molecule has 21 heavy (non-hydrogen) atoms. The summed E-state index contributed by atoms with van der Waals surface area (Å²) in [6.07, 6.45) is 8.05. The van der Waals surface area contributed by atoms with Crippen LogP contribution in [-0.4, -0.2) is 37.8 Å². The third kappa shape index (κ3) is 2.87. The number of ether oxygens (including phenoxy) is 1. The van der Waals surface area contributed by atoms with Crippen molar-refractivity contribution in [1.82, 2.24) is 25.1 Å². The molecule has 1 aliphatic heterocycles. The van der Waals surface area contributed by atoms with Gasteiger partial charge in [-0.05, 0) is 31.7 Å². The summed E-state index contributed by atoms with van der Waals surface area (Å²) in [5, 5.41) is 10.5. The van der Waals surface area contributed by atoms with Crippen LogP contribution in [0.1, 0.15) is 49.4 Å². The number of hydrogen-bond donors (Lipinski definition) is 2. The molecule has 2 aromatic heterocycles. The second kappa shape index (κ2) is 5.40. The fourth-order valence-electron chi connectivity index (χ4n) is 2.61. The monoisotopic (exact) mass is 286 g/mol. The standard InChI is InChI=1S/C14H18N6O/c1-6-15-14(16-7-1)17-8-10-4-5-11(21-10)13-18-12(19-20-13)9-2-3-9/h1,6-7,9-11H,2-5,8H2,(H,15,16,17)(H,18,19,20)/t10-,11+/m1/s1. The van der Waals surface area contributed by atoms with Crippen molar-refractivity contribution < 1.29 is 4.74 Å². The fourth-order valence-corrected chi connectivity index (χ4v) is 2.61. The molecule has 1 aliphatic carbocycles. The van der Waals surface area contributed by atoms with Gasteiger partial charge in [-0.1, -0.05) is 0 Å². The minimum absolute atomic E-state index is 0.0356. The Kier molecular flexibility index (Phi) is 3.27. The maximum absolute atomic E-state index is 6.03. The quantitative estimate of drug-likeness (QED) is 0.871. The molecule has 0 radical (unpaired) electrons. The summed E-state index contributed by atoms with van der Waals surface area (Å²) in [4.78, 5) is 12.9. The largest absolute Gasteiger partial charge is 0.365 e. The van der Waals surface area contributed by atoms with Crippen LogP contribution in [0.3, 0.4) is 0 Å². The molecule has 3 heterocycles. The number of anilines is 1. The van der Waals surface area contributed by atoms with Gasteiger partial charge in [0, 0.05) is 24.9 Å². The van der Waals surface area contributed by atoms with Gasteiger partial charge in [-0.3, -0.25) is 5.10 Å². The van der Waals surface area contributed by atoms with Crippen LogP contribution in [0.15, 0.2) is 18.5 Å². The van der Waals surface area contributed by atoms with Crippen molar-refractivity contribution in [2.75, 3.05) is 11.9 Å². The van der Waals surface area contributed by atoms with Crippen molar-refractivity contribution in [1.29, 1.82) is 0 Å². The highest BCUT2D eigenvalue weighted by Gasteiger charge is 2.32. The van der Waals surface area contributed by atoms with E-state index < -0.39 is 0 Å². The minimum Gasteiger partial charge on any atom is -0.365 e. The van der Waals surface area contributed by atoms with E-state index in [1.807, 2.05) is 0 Å². The van der Waals surface area contributed by atoms with E-state index in [0.29, 0.717) is 18.4 Å². The van der Waals surface area contributed by atoms with Crippen molar-refractivity contribution in [3.05, 3.63) is 30.1 Å². The average molecular weight is 286 g/mol. The normalized spacial score (nSPS) is 25.1. The summed E-state index contributed by atoms with van der Waals surface area (Å²) in [6.45, 7) is 0.712. The first-order valence-corrected chi connectivity index (χ1v) is 7.47. The Hall–Kier alpha value is -2.02. The van der Waals surface area contributed by atoms with Gasteiger partial charge in [0.05, 0.1) is 6.10 Å². The number of nitrogens with zero attached hydrogens (tertiary/aromatic N) is 4. The molecule has 0 unspecified atom stereocenters. The van der Waals surface area contributed by atoms with E-state index in [2.05, 4.69) is 30.5 Å². The van der Waals surface area contributed by atoms with Gasteiger partial charge in [0.2, 0.25) is 5.95 Å². The number of H-pyrrole nitrogens is 1. The second-order valence-corrected chi connectivity index (χ2v) is 5.63. The molecule has 110 valence electrons. The second-order valence-electron chi connectivity index (χ2n) is 5.63. The SMILES string of the molecule is c1cnc(NC[C@H]2CC[C@@H](c3nc(C4CC4)n[nH]3)O2)nc1. The van der Waals surface area contributed by atoms with Gasteiger partial charge in [0.15, 0.2) is 11.6 Å². The molecule has 1 saturated carbocycles. The maximum Gasteiger partial charge on any atom is 0.222 e. The van der Waals surface area contributed by atoms with Gasteiger partial charge in [0.25, 0.3) is 0 Å². The van der Waals surface area contributed by atoms with Gasteiger partial charge >= 0.3 is 0 Å². The highest BCUT2D eigenvalue weighted by atomic mass is 16.5. The van der Waals surface area contributed by atoms with E-state index in [4.69, 9.17) is 4.74 Å². The number of rotatable bonds is 5. The molecule has 0 spiro atoms. The number of nitrogens with one attached hydrogen (secondary N) is 2. The van der Waals surface area contributed by atoms with Crippen molar-refractivity contribution in [2.45, 2.75) is 43.8 Å². The zero-order valence-electron chi connectivity index (χ0n) is 11.7. The van der Waals surface area contributed by atoms with E-state index in [9.17, 15) is 0 Å². The summed E-state index contributed by atoms with van der Waals surface area (Å²) >= 11 is 0. The van der Waals surface area contributed by atoms with Crippen LogP contribution in [0, 0.1) is 0 Å². The van der Waals surface area contributed by atoms with Crippen molar-refractivity contribution in [3.63, 3.8) is 0 Å². The molecule has 7 heteroatoms. The van der Waals surface area contributed by atoms with Crippen molar-refractivity contribution in [3.8, 4) is 0 Å². The molecule has 2 aromatic rings. The fraction of sp³-hybridized carbons (Fsp3) is 0.571. The Labute approximate surface area is 122 Å². The Bertz CT molecular complexity index is 597. The third-order valence-corrected chi connectivity index (χ3v) is 3.93. The van der Waals surface area contributed by atoms with Crippen LogP contribution in [0.4, 0.5) is 5.95 Å². The maximum atomic E-state index is 6.03. The first-order valence-electron chi connectivity index (χ1n) is 7.47. The van der Waals surface area contributed by atoms with Crippen LogP contribution < -0.4 is 5.32 Å². The predicted octanol–water partition coefficient (Wildman–Crippen LogP) is 1.80. The van der Waals surface area contributed by atoms with Crippen LogP contribution in [0.5, 0.6) is 0 Å². The number of aromatic nitrogens is 5. The van der Waals surface area contributed by atoms with Gasteiger partial charge < -0.3 is 10.1 Å². The molecule has 7 nitrogen and oxygen atoms in total. The molecule has 2 aliphatic rings. The van der Waals surface area contributed by atoms with Crippen LogP contribution in [-0.2, 0) is 4.74 Å². The molecule has 2 fully saturated rings. The van der Waals surface area contributed by atoms with Gasteiger partial charge in [-0.15, -0.1) is 0 Å². The van der Waals surface area contributed by atoms with Crippen LogP contribution in [0.25, 0.3) is 0 Å². The Morgan fingerprint density at radius 2 is 2.05 bits per heavy atom. The summed E-state index contributed by atoms with van der Waals surface area (Å²) in [5.41, 5.74) is 0. The predicted molar refractivity (Wildman–Crippen MR) is 75.7 cm³/mol. The number of hydrogen-bond acceptors (Lipinski definition) is 6. The van der Waals surface area contributed by atoms with Gasteiger partial charge in [0.1, 0.15) is 6.10 Å². The highest BCUT2D eigenvalue weighted by Crippen LogP contribution is 2.39. The van der Waals surface area contributed by atoms with Crippen molar-refractivity contribution >= 4 is 5.95 Å². The molecule has 0 bridgehead atoms. The summed E-state index contributed by atoms with van der Waals surface area (Å²) in [5.74, 6) is 3.03. The van der Waals surface area contributed by atoms with Gasteiger partial charge in [-0.2, -0.15) is 5.10 Å². The molecule has 2 atom stereocenters. The van der Waals surface area contributed by atoms with Gasteiger partial charge in [-0.25, -0.2) is 15.0 Å². The molecular weight excluding hydrogens is 268 g/mol. The first kappa shape index (κ1) is 12.7. The molecule has 4 rings (SSSR count). The van der Waals surface area contributed by atoms with Crippen molar-refractivity contribution in [2.24, 2.45) is 0 Å². The first-order chi connectivity index (χ1) is 10.4. The Morgan fingerprint density at radius 1 is 1.19 bits per heavy atom. The summed E-state index contributed by atoms with van der Waals surface area (Å²) < 4.78 is 6.03. The Balaban J connectivity index is 1.31. The topological polar surface area (TPSA) is 88.6 Å². The molecular formula is C14H18N6O. The lowest BCUT2D eigenvalue weighted by atomic mass is 10.2. The molecule has 0 amide bonds. The lowest BCUT2D eigenvalue weighted by Crippen LogP contribution is -2.20. The van der Waals surface area contributed by atoms with E-state index in [0.717, 1.165) is 24.5 Å². The lowest BCUT2D eigenvalue weighted by molar-refractivity contribution is 0.0471. The smallest absolute Gasteiger partial charge is 0.222 e. The lowest BCUT2D eigenvalue weighted by Gasteiger charge is -2.12. The Morgan fingerprint density at radius 3 is 2.86 bits per heavy atom. The minimum atomic E-state index is 0.0356. The summed E-state index contributed by atoms with van der Waals surface area (Å²) in [6, 6.07) is 1.80. The number of aromatic amines is 1. The van der Waals surface area contributed by atoms with E-state index >= 15 is 0 Å². The third-order valence-electron chi connectivity index (χ3n) is 3.93. The van der Waals surface area contributed by atoms with Crippen LogP contribution in [0.2, 0.25) is 0 Å². The van der Waals surface area contributed by atoms with E-state index in [1.165, 1.54) is 12.8 Å². The highest BCUT2D eigenvalue weighted by molar-refractivity contribution is 5.22. The van der Waals surface area contributed by atoms with E-state index in [1.54, 1.807) is 18.5 Å². The van der Waals surface area contributed by atoms with E-state index in [-0.39, 0.29) is 12.2 Å². The average Bonchev–Trinajstić information content (AvgIpc) is 3.08.